The molecular weight excluding hydrogens is 280 g/mol. The zero-order valence-electron chi connectivity index (χ0n) is 11.8. The van der Waals surface area contributed by atoms with Crippen LogP contribution in [0.15, 0.2) is 16.5 Å². The molecule has 0 bridgehead atoms. The summed E-state index contributed by atoms with van der Waals surface area (Å²) < 4.78 is 28.1. The normalized spacial score (nSPS) is 20.5. The number of sulfone groups is 1. The third-order valence-electron chi connectivity index (χ3n) is 3.37. The molecule has 0 saturated carbocycles. The minimum Gasteiger partial charge on any atom is -0.464 e. The van der Waals surface area contributed by atoms with E-state index < -0.39 is 9.84 Å². The molecule has 1 aromatic rings. The fraction of sp³-hybridized carbons (Fsp3) is 0.615. The van der Waals surface area contributed by atoms with Gasteiger partial charge in [0.05, 0.1) is 24.1 Å². The first kappa shape index (κ1) is 15.1. The van der Waals surface area contributed by atoms with Crippen LogP contribution in [0.2, 0.25) is 0 Å². The van der Waals surface area contributed by atoms with Gasteiger partial charge in [-0.25, -0.2) is 8.42 Å². The van der Waals surface area contributed by atoms with Gasteiger partial charge in [-0.05, 0) is 26.0 Å². The fourth-order valence-electron chi connectivity index (χ4n) is 2.16. The number of hydrogen-bond donors (Lipinski definition) is 1. The van der Waals surface area contributed by atoms with E-state index in [4.69, 9.17) is 4.42 Å². The van der Waals surface area contributed by atoms with Crippen molar-refractivity contribution in [3.8, 4) is 0 Å². The summed E-state index contributed by atoms with van der Waals surface area (Å²) in [7, 11) is -2.90. The first-order chi connectivity index (χ1) is 9.35. The lowest BCUT2D eigenvalue weighted by molar-refractivity contribution is -0.123. The average Bonchev–Trinajstić information content (AvgIpc) is 2.79. The molecule has 1 atom stereocenters. The minimum absolute atomic E-state index is 0.120. The van der Waals surface area contributed by atoms with Crippen molar-refractivity contribution < 1.29 is 17.6 Å². The van der Waals surface area contributed by atoms with Crippen LogP contribution in [0.5, 0.6) is 0 Å². The Bertz CT molecular complexity index is 565. The summed E-state index contributed by atoms with van der Waals surface area (Å²) in [5, 5.41) is 2.85. The lowest BCUT2D eigenvalue weighted by Gasteiger charge is -2.26. The number of aryl methyl sites for hydroxylation is 1. The van der Waals surface area contributed by atoms with Crippen LogP contribution >= 0.6 is 0 Å². The van der Waals surface area contributed by atoms with Crippen molar-refractivity contribution in [2.24, 2.45) is 0 Å². The Balaban J connectivity index is 1.81. The number of rotatable bonds is 4. The summed E-state index contributed by atoms with van der Waals surface area (Å²) in [5.74, 6) is 1.67. The first-order valence-electron chi connectivity index (χ1n) is 6.64. The highest BCUT2D eigenvalue weighted by Crippen LogP contribution is 2.15. The van der Waals surface area contributed by atoms with E-state index in [0.717, 1.165) is 11.5 Å². The van der Waals surface area contributed by atoms with E-state index in [0.29, 0.717) is 13.1 Å². The van der Waals surface area contributed by atoms with Crippen LogP contribution in [0.1, 0.15) is 24.5 Å². The predicted molar refractivity (Wildman–Crippen MR) is 75.1 cm³/mol. The van der Waals surface area contributed by atoms with Gasteiger partial charge in [-0.3, -0.25) is 9.69 Å². The second-order valence-electron chi connectivity index (χ2n) is 5.17. The number of furan rings is 1. The number of carbonyl (C=O) groups is 1. The molecule has 112 valence electrons. The summed E-state index contributed by atoms with van der Waals surface area (Å²) in [5.41, 5.74) is 0. The van der Waals surface area contributed by atoms with Gasteiger partial charge in [0.25, 0.3) is 0 Å². The van der Waals surface area contributed by atoms with Gasteiger partial charge >= 0.3 is 0 Å². The molecular formula is C13H20N2O4S. The predicted octanol–water partition coefficient (Wildman–Crippen LogP) is 0.496. The zero-order valence-corrected chi connectivity index (χ0v) is 12.6. The van der Waals surface area contributed by atoms with E-state index in [-0.39, 0.29) is 30.0 Å². The Morgan fingerprint density at radius 3 is 2.60 bits per heavy atom. The maximum atomic E-state index is 11.9. The van der Waals surface area contributed by atoms with Crippen molar-refractivity contribution in [1.82, 2.24) is 10.2 Å². The van der Waals surface area contributed by atoms with Crippen molar-refractivity contribution in [3.63, 3.8) is 0 Å². The molecule has 2 rings (SSSR count). The Hall–Kier alpha value is -1.34. The minimum atomic E-state index is -2.90. The number of amides is 1. The Morgan fingerprint density at radius 2 is 2.05 bits per heavy atom. The summed E-state index contributed by atoms with van der Waals surface area (Å²) in [6.45, 7) is 4.77. The molecule has 6 nitrogen and oxygen atoms in total. The summed E-state index contributed by atoms with van der Waals surface area (Å²) in [6.07, 6.45) is 0. The van der Waals surface area contributed by atoms with Gasteiger partial charge in [-0.15, -0.1) is 0 Å². The maximum absolute atomic E-state index is 11.9. The molecule has 20 heavy (non-hydrogen) atoms. The molecule has 1 saturated heterocycles. The topological polar surface area (TPSA) is 79.6 Å². The van der Waals surface area contributed by atoms with Crippen molar-refractivity contribution in [3.05, 3.63) is 23.7 Å². The Labute approximate surface area is 119 Å². The molecule has 1 amide bonds. The van der Waals surface area contributed by atoms with Gasteiger partial charge in [-0.2, -0.15) is 0 Å². The molecule has 1 aromatic heterocycles. The van der Waals surface area contributed by atoms with E-state index >= 15 is 0 Å². The smallest absolute Gasteiger partial charge is 0.234 e. The van der Waals surface area contributed by atoms with Crippen LogP contribution in [0.25, 0.3) is 0 Å². The van der Waals surface area contributed by atoms with Crippen LogP contribution in [0, 0.1) is 6.92 Å². The monoisotopic (exact) mass is 300 g/mol. The molecule has 0 spiro atoms. The van der Waals surface area contributed by atoms with Crippen molar-refractivity contribution >= 4 is 15.7 Å². The van der Waals surface area contributed by atoms with Crippen molar-refractivity contribution in [1.29, 1.82) is 0 Å². The molecule has 1 fully saturated rings. The largest absolute Gasteiger partial charge is 0.464 e. The average molecular weight is 300 g/mol. The second kappa shape index (κ2) is 5.97. The molecule has 0 aliphatic carbocycles. The molecule has 0 aromatic carbocycles. The molecule has 1 aliphatic rings. The molecule has 1 N–H and O–H groups in total. The lowest BCUT2D eigenvalue weighted by Crippen LogP contribution is -2.45. The first-order valence-corrected chi connectivity index (χ1v) is 8.46. The maximum Gasteiger partial charge on any atom is 0.234 e. The van der Waals surface area contributed by atoms with Crippen LogP contribution in [-0.2, 0) is 14.6 Å². The standard InChI is InChI=1S/C13H20N2O4S/c1-10-3-4-12(19-10)11(2)14-13(16)9-15-5-7-20(17,18)8-6-15/h3-4,11H,5-9H2,1-2H3,(H,14,16)/t11-/m1/s1. The van der Waals surface area contributed by atoms with Gasteiger partial charge in [0.2, 0.25) is 5.91 Å². The van der Waals surface area contributed by atoms with Gasteiger partial charge in [0, 0.05) is 13.1 Å². The number of nitrogens with one attached hydrogen (secondary N) is 1. The SMILES string of the molecule is Cc1ccc([C@@H](C)NC(=O)CN2CCS(=O)(=O)CC2)o1. The zero-order chi connectivity index (χ0) is 14.8. The van der Waals surface area contributed by atoms with E-state index in [1.807, 2.05) is 30.9 Å². The molecule has 2 heterocycles. The second-order valence-corrected chi connectivity index (χ2v) is 7.47. The highest BCUT2D eigenvalue weighted by atomic mass is 32.2. The van der Waals surface area contributed by atoms with Crippen LogP contribution in [0.4, 0.5) is 0 Å². The van der Waals surface area contributed by atoms with Gasteiger partial charge < -0.3 is 9.73 Å². The van der Waals surface area contributed by atoms with E-state index in [1.54, 1.807) is 0 Å². The van der Waals surface area contributed by atoms with Crippen molar-refractivity contribution in [2.75, 3.05) is 31.1 Å². The van der Waals surface area contributed by atoms with Crippen LogP contribution in [-0.4, -0.2) is 50.4 Å². The highest BCUT2D eigenvalue weighted by Gasteiger charge is 2.23. The molecule has 7 heteroatoms. The third kappa shape index (κ3) is 4.08. The lowest BCUT2D eigenvalue weighted by atomic mass is 10.2. The highest BCUT2D eigenvalue weighted by molar-refractivity contribution is 7.91. The number of carbonyl (C=O) groups excluding carboxylic acids is 1. The number of nitrogens with zero attached hydrogens (tertiary/aromatic N) is 1. The van der Waals surface area contributed by atoms with Gasteiger partial charge in [0.1, 0.15) is 11.5 Å². The molecule has 0 radical (unpaired) electrons. The Kier molecular flexibility index (Phi) is 4.49. The quantitative estimate of drug-likeness (QED) is 0.875. The molecule has 1 aliphatic heterocycles. The molecule has 0 unspecified atom stereocenters. The van der Waals surface area contributed by atoms with Gasteiger partial charge in [-0.1, -0.05) is 0 Å². The van der Waals surface area contributed by atoms with Crippen LogP contribution < -0.4 is 5.32 Å². The summed E-state index contributed by atoms with van der Waals surface area (Å²) >= 11 is 0. The van der Waals surface area contributed by atoms with E-state index in [2.05, 4.69) is 5.32 Å². The third-order valence-corrected chi connectivity index (χ3v) is 4.98. The van der Waals surface area contributed by atoms with Crippen molar-refractivity contribution in [2.45, 2.75) is 19.9 Å². The Morgan fingerprint density at radius 1 is 1.40 bits per heavy atom. The van der Waals surface area contributed by atoms with E-state index in [1.165, 1.54) is 0 Å². The van der Waals surface area contributed by atoms with Crippen LogP contribution in [0.3, 0.4) is 0 Å². The summed E-state index contributed by atoms with van der Waals surface area (Å²) in [4.78, 5) is 13.8. The number of hydrogen-bond acceptors (Lipinski definition) is 5. The summed E-state index contributed by atoms with van der Waals surface area (Å²) in [6, 6.07) is 3.51. The van der Waals surface area contributed by atoms with E-state index in [9.17, 15) is 13.2 Å². The fourth-order valence-corrected chi connectivity index (χ4v) is 3.43. The van der Waals surface area contributed by atoms with Gasteiger partial charge in [0.15, 0.2) is 9.84 Å².